The van der Waals surface area contributed by atoms with Gasteiger partial charge < -0.3 is 10.0 Å². The Morgan fingerprint density at radius 2 is 1.89 bits per heavy atom. The summed E-state index contributed by atoms with van der Waals surface area (Å²) < 4.78 is 0. The molecule has 0 aliphatic heterocycles. The Morgan fingerprint density at radius 1 is 1.32 bits per heavy atom. The van der Waals surface area contributed by atoms with E-state index < -0.39 is 5.97 Å². The Hall–Kier alpha value is -2.10. The Balaban J connectivity index is 2.71. The molecule has 0 spiro atoms. The monoisotopic (exact) mass is 261 g/mol. The van der Waals surface area contributed by atoms with E-state index in [1.54, 1.807) is 30.2 Å². The predicted molar refractivity (Wildman–Crippen MR) is 75.0 cm³/mol. The molecule has 0 saturated carbocycles. The van der Waals surface area contributed by atoms with Crippen molar-refractivity contribution in [2.45, 2.75) is 26.3 Å². The summed E-state index contributed by atoms with van der Waals surface area (Å²) in [7, 11) is 1.77. The molecule has 1 unspecified atom stereocenters. The van der Waals surface area contributed by atoms with Gasteiger partial charge in [-0.2, -0.15) is 0 Å². The lowest BCUT2D eigenvalue weighted by Crippen LogP contribution is -2.33. The van der Waals surface area contributed by atoms with Gasteiger partial charge in [0.15, 0.2) is 0 Å². The van der Waals surface area contributed by atoms with Crippen LogP contribution in [0.4, 0.5) is 0 Å². The van der Waals surface area contributed by atoms with Crippen molar-refractivity contribution in [3.63, 3.8) is 0 Å². The van der Waals surface area contributed by atoms with Gasteiger partial charge in [-0.25, -0.2) is 4.79 Å². The Bertz CT molecular complexity index is 477. The van der Waals surface area contributed by atoms with E-state index in [9.17, 15) is 9.59 Å². The normalized spacial score (nSPS) is 12.4. The largest absolute Gasteiger partial charge is 0.478 e. The first kappa shape index (κ1) is 15.0. The fourth-order valence-corrected chi connectivity index (χ4v) is 1.51. The van der Waals surface area contributed by atoms with Gasteiger partial charge in [0.2, 0.25) is 5.91 Å². The fraction of sp³-hybridized carbons (Fsp3) is 0.333. The number of carboxylic acids is 1. The summed E-state index contributed by atoms with van der Waals surface area (Å²) in [6.07, 6.45) is 4.10. The summed E-state index contributed by atoms with van der Waals surface area (Å²) in [6.45, 7) is 4.02. The van der Waals surface area contributed by atoms with Gasteiger partial charge in [0.1, 0.15) is 0 Å². The van der Waals surface area contributed by atoms with Crippen LogP contribution in [0.25, 0.3) is 6.08 Å². The van der Waals surface area contributed by atoms with Crippen LogP contribution in [0.2, 0.25) is 0 Å². The highest BCUT2D eigenvalue weighted by atomic mass is 16.4. The average molecular weight is 261 g/mol. The Labute approximate surface area is 113 Å². The topological polar surface area (TPSA) is 57.6 Å². The van der Waals surface area contributed by atoms with Crippen molar-refractivity contribution in [1.29, 1.82) is 0 Å². The quantitative estimate of drug-likeness (QED) is 0.829. The summed E-state index contributed by atoms with van der Waals surface area (Å²) >= 11 is 0. The molecule has 0 fully saturated rings. The molecule has 19 heavy (non-hydrogen) atoms. The Morgan fingerprint density at radius 3 is 2.37 bits per heavy atom. The van der Waals surface area contributed by atoms with Crippen LogP contribution in [-0.4, -0.2) is 35.0 Å². The third kappa shape index (κ3) is 4.25. The molecule has 0 heterocycles. The van der Waals surface area contributed by atoms with Gasteiger partial charge in [-0.3, -0.25) is 4.79 Å². The molecule has 4 nitrogen and oxygen atoms in total. The molecule has 1 amide bonds. The summed E-state index contributed by atoms with van der Waals surface area (Å²) in [4.78, 5) is 24.2. The van der Waals surface area contributed by atoms with Crippen LogP contribution in [0.1, 0.15) is 36.2 Å². The fourth-order valence-electron chi connectivity index (χ4n) is 1.51. The maximum atomic E-state index is 11.8. The minimum Gasteiger partial charge on any atom is -0.478 e. The second kappa shape index (κ2) is 6.73. The summed E-state index contributed by atoms with van der Waals surface area (Å²) in [5.74, 6) is -1.01. The lowest BCUT2D eigenvalue weighted by atomic mass is 10.1. The van der Waals surface area contributed by atoms with E-state index >= 15 is 0 Å². The van der Waals surface area contributed by atoms with Gasteiger partial charge in [-0.05, 0) is 37.1 Å². The number of likely N-dealkylation sites (N-methyl/N-ethyl adjacent to an activating group) is 1. The zero-order chi connectivity index (χ0) is 14.4. The first-order chi connectivity index (χ1) is 8.95. The van der Waals surface area contributed by atoms with E-state index in [-0.39, 0.29) is 17.5 Å². The van der Waals surface area contributed by atoms with Gasteiger partial charge in [-0.1, -0.05) is 19.1 Å². The van der Waals surface area contributed by atoms with Crippen LogP contribution in [0.5, 0.6) is 0 Å². The van der Waals surface area contributed by atoms with E-state index in [4.69, 9.17) is 5.11 Å². The van der Waals surface area contributed by atoms with Crippen LogP contribution in [0.3, 0.4) is 0 Å². The lowest BCUT2D eigenvalue weighted by Gasteiger charge is -2.22. The number of aromatic carboxylic acids is 1. The second-order valence-electron chi connectivity index (χ2n) is 4.47. The second-order valence-corrected chi connectivity index (χ2v) is 4.47. The van der Waals surface area contributed by atoms with Crippen molar-refractivity contribution in [1.82, 2.24) is 4.90 Å². The summed E-state index contributed by atoms with van der Waals surface area (Å²) in [5.41, 5.74) is 1.04. The zero-order valence-corrected chi connectivity index (χ0v) is 11.5. The highest BCUT2D eigenvalue weighted by molar-refractivity contribution is 5.92. The highest BCUT2D eigenvalue weighted by Gasteiger charge is 2.10. The first-order valence-electron chi connectivity index (χ1n) is 6.24. The van der Waals surface area contributed by atoms with Crippen molar-refractivity contribution in [2.75, 3.05) is 7.05 Å². The summed E-state index contributed by atoms with van der Waals surface area (Å²) in [6, 6.07) is 6.59. The minimum atomic E-state index is -0.955. The molecule has 102 valence electrons. The molecule has 1 rings (SSSR count). The van der Waals surface area contributed by atoms with E-state index in [0.29, 0.717) is 0 Å². The molecule has 0 aromatic heterocycles. The molecular weight excluding hydrogens is 242 g/mol. The van der Waals surface area contributed by atoms with Gasteiger partial charge in [0.05, 0.1) is 5.56 Å². The van der Waals surface area contributed by atoms with Crippen molar-refractivity contribution in [3.05, 3.63) is 41.5 Å². The van der Waals surface area contributed by atoms with Crippen molar-refractivity contribution < 1.29 is 14.7 Å². The smallest absolute Gasteiger partial charge is 0.335 e. The molecule has 0 radical (unpaired) electrons. The molecule has 1 aromatic rings. The number of benzene rings is 1. The van der Waals surface area contributed by atoms with E-state index in [1.807, 2.05) is 13.8 Å². The number of carbonyl (C=O) groups excluding carboxylic acids is 1. The molecule has 0 bridgehead atoms. The maximum Gasteiger partial charge on any atom is 0.335 e. The molecule has 1 aromatic carbocycles. The number of hydrogen-bond acceptors (Lipinski definition) is 2. The van der Waals surface area contributed by atoms with Gasteiger partial charge >= 0.3 is 5.97 Å². The van der Waals surface area contributed by atoms with E-state index in [2.05, 4.69) is 0 Å². The van der Waals surface area contributed by atoms with Crippen molar-refractivity contribution in [3.8, 4) is 0 Å². The van der Waals surface area contributed by atoms with E-state index in [0.717, 1.165) is 12.0 Å². The third-order valence-corrected chi connectivity index (χ3v) is 3.18. The number of rotatable bonds is 5. The minimum absolute atomic E-state index is 0.0586. The molecule has 0 saturated heterocycles. The van der Waals surface area contributed by atoms with Crippen LogP contribution >= 0.6 is 0 Å². The molecule has 0 aliphatic rings. The highest BCUT2D eigenvalue weighted by Crippen LogP contribution is 2.07. The lowest BCUT2D eigenvalue weighted by molar-refractivity contribution is -0.126. The average Bonchev–Trinajstić information content (AvgIpc) is 2.43. The van der Waals surface area contributed by atoms with Crippen molar-refractivity contribution >= 4 is 18.0 Å². The van der Waals surface area contributed by atoms with Crippen molar-refractivity contribution in [2.24, 2.45) is 0 Å². The molecule has 4 heteroatoms. The molecule has 1 atom stereocenters. The van der Waals surface area contributed by atoms with Crippen LogP contribution in [-0.2, 0) is 4.79 Å². The van der Waals surface area contributed by atoms with Gasteiger partial charge in [0, 0.05) is 19.2 Å². The van der Waals surface area contributed by atoms with Crippen LogP contribution in [0.15, 0.2) is 30.3 Å². The zero-order valence-electron chi connectivity index (χ0n) is 11.5. The van der Waals surface area contributed by atoms with Gasteiger partial charge in [-0.15, -0.1) is 0 Å². The third-order valence-electron chi connectivity index (χ3n) is 3.18. The summed E-state index contributed by atoms with van der Waals surface area (Å²) in [5, 5.41) is 8.78. The number of nitrogens with zero attached hydrogens (tertiary/aromatic N) is 1. The standard InChI is InChI=1S/C15H19NO3/c1-4-11(2)16(3)14(17)10-7-12-5-8-13(9-6-12)15(18)19/h5-11H,4H2,1-3H3,(H,18,19)/b10-7+. The molecule has 1 N–H and O–H groups in total. The molecular formula is C15H19NO3. The van der Waals surface area contributed by atoms with Crippen LogP contribution in [0, 0.1) is 0 Å². The maximum absolute atomic E-state index is 11.8. The first-order valence-corrected chi connectivity index (χ1v) is 6.24. The van der Waals surface area contributed by atoms with E-state index in [1.165, 1.54) is 18.2 Å². The number of hydrogen-bond donors (Lipinski definition) is 1. The predicted octanol–water partition coefficient (Wildman–Crippen LogP) is 2.65. The number of carboxylic acid groups (broad SMARTS) is 1. The Kier molecular flexibility index (Phi) is 5.30. The number of carbonyl (C=O) groups is 2. The number of amides is 1. The van der Waals surface area contributed by atoms with Crippen LogP contribution < -0.4 is 0 Å². The SMILES string of the molecule is CCC(C)N(C)C(=O)/C=C/c1ccc(C(=O)O)cc1. The molecule has 0 aliphatic carbocycles. The van der Waals surface area contributed by atoms with Gasteiger partial charge in [0.25, 0.3) is 0 Å².